The van der Waals surface area contributed by atoms with Crippen molar-refractivity contribution in [2.75, 3.05) is 59.6 Å². The average Bonchev–Trinajstić information content (AvgIpc) is 3.23. The fourth-order valence-corrected chi connectivity index (χ4v) is 8.94. The van der Waals surface area contributed by atoms with Crippen molar-refractivity contribution in [1.29, 1.82) is 0 Å². The molecule has 6 unspecified atom stereocenters. The average molecular weight is 836 g/mol. The molecule has 1 fully saturated rings. The Morgan fingerprint density at radius 1 is 1.02 bits per heavy atom. The maximum absolute atomic E-state index is 14.3. The smallest absolute Gasteiger partial charge is 0.417 e. The third-order valence-electron chi connectivity index (χ3n) is 11.4. The first-order valence-corrected chi connectivity index (χ1v) is 21.1. The quantitative estimate of drug-likeness (QED) is 0.0665. The molecule has 14 heteroatoms. The molecule has 330 valence electrons. The molecule has 1 heterocycles. The number of carbonyl (C=O) groups excluding carboxylic acids is 2. The second kappa shape index (κ2) is 21.1. The Balaban J connectivity index is 1.69. The summed E-state index contributed by atoms with van der Waals surface area (Å²) < 4.78 is 36.9. The molecule has 14 nitrogen and oxygen atoms in total. The van der Waals surface area contributed by atoms with Gasteiger partial charge in [0.25, 0.3) is 0 Å². The Labute approximate surface area is 354 Å². The van der Waals surface area contributed by atoms with Crippen LogP contribution in [0.15, 0.2) is 65.9 Å². The number of aliphatic hydroxyl groups is 2. The first-order valence-electron chi connectivity index (χ1n) is 21.1. The van der Waals surface area contributed by atoms with E-state index in [0.29, 0.717) is 60.2 Å². The number of oxime groups is 1. The Morgan fingerprint density at radius 2 is 1.75 bits per heavy atom. The van der Waals surface area contributed by atoms with Gasteiger partial charge in [-0.1, -0.05) is 57.8 Å². The minimum atomic E-state index is -1.43. The van der Waals surface area contributed by atoms with E-state index in [9.17, 15) is 19.8 Å². The number of amides is 2. The van der Waals surface area contributed by atoms with E-state index in [1.165, 1.54) is 14.2 Å². The number of nitrogens with one attached hydrogen (secondary N) is 1. The number of allylic oxidation sites excluding steroid dienone is 1. The first kappa shape index (κ1) is 46.3. The molecule has 2 aliphatic carbocycles. The molecular weight excluding hydrogens is 771 g/mol. The third kappa shape index (κ3) is 10.6. The zero-order valence-electron chi connectivity index (χ0n) is 36.4. The number of anilines is 1. The summed E-state index contributed by atoms with van der Waals surface area (Å²) in [6, 6.07) is 9.67. The van der Waals surface area contributed by atoms with Crippen LogP contribution in [0.3, 0.4) is 0 Å². The van der Waals surface area contributed by atoms with Crippen molar-refractivity contribution in [1.82, 2.24) is 4.90 Å². The van der Waals surface area contributed by atoms with E-state index in [1.54, 1.807) is 48.4 Å². The number of aliphatic hydroxyl groups excluding tert-OH is 2. The molecule has 0 aromatic heterocycles. The van der Waals surface area contributed by atoms with E-state index in [4.69, 9.17) is 33.3 Å². The zero-order chi connectivity index (χ0) is 43.5. The van der Waals surface area contributed by atoms with Gasteiger partial charge in [0, 0.05) is 43.7 Å². The van der Waals surface area contributed by atoms with Crippen molar-refractivity contribution in [3.63, 3.8) is 0 Å². The number of hydrogen-bond acceptors (Lipinski definition) is 12. The van der Waals surface area contributed by atoms with Crippen LogP contribution in [-0.4, -0.2) is 99.1 Å². The molecule has 2 aromatic carbocycles. The third-order valence-corrected chi connectivity index (χ3v) is 11.4. The molecule has 3 aliphatic rings. The molecule has 0 spiro atoms. The van der Waals surface area contributed by atoms with Crippen molar-refractivity contribution in [3.05, 3.63) is 66.3 Å². The molecular formula is C46H65N3O11. The normalized spacial score (nSPS) is 23.6. The van der Waals surface area contributed by atoms with Gasteiger partial charge in [-0.15, -0.1) is 6.58 Å². The lowest BCUT2D eigenvalue weighted by atomic mass is 9.55. The van der Waals surface area contributed by atoms with E-state index in [2.05, 4.69) is 23.1 Å². The number of fused-ring (bicyclic) bond motifs is 2. The van der Waals surface area contributed by atoms with Gasteiger partial charge < -0.3 is 43.5 Å². The largest absolute Gasteiger partial charge is 0.497 e. The van der Waals surface area contributed by atoms with Crippen LogP contribution >= 0.6 is 0 Å². The number of benzene rings is 2. The van der Waals surface area contributed by atoms with Crippen molar-refractivity contribution in [3.8, 4) is 23.0 Å². The highest BCUT2D eigenvalue weighted by Gasteiger charge is 2.65. The highest BCUT2D eigenvalue weighted by Crippen LogP contribution is 2.62. The van der Waals surface area contributed by atoms with Crippen LogP contribution in [0, 0.1) is 23.2 Å². The first-order chi connectivity index (χ1) is 28.9. The summed E-state index contributed by atoms with van der Waals surface area (Å²) in [7, 11) is 4.57. The highest BCUT2D eigenvalue weighted by molar-refractivity contribution is 6.03. The lowest BCUT2D eigenvalue weighted by Crippen LogP contribution is -2.70. The van der Waals surface area contributed by atoms with Crippen LogP contribution in [0.1, 0.15) is 90.5 Å². The van der Waals surface area contributed by atoms with E-state index < -0.39 is 29.9 Å². The summed E-state index contributed by atoms with van der Waals surface area (Å²) in [5.74, 6) is -0.438. The van der Waals surface area contributed by atoms with E-state index in [1.807, 2.05) is 33.8 Å². The van der Waals surface area contributed by atoms with Crippen LogP contribution in [0.5, 0.6) is 23.0 Å². The van der Waals surface area contributed by atoms with Gasteiger partial charge in [-0.2, -0.15) is 0 Å². The molecule has 2 aromatic rings. The summed E-state index contributed by atoms with van der Waals surface area (Å²) in [5, 5.41) is 27.1. The van der Waals surface area contributed by atoms with Crippen LogP contribution in [0.2, 0.25) is 0 Å². The van der Waals surface area contributed by atoms with Crippen LogP contribution in [0.4, 0.5) is 15.3 Å². The Bertz CT molecular complexity index is 1840. The van der Waals surface area contributed by atoms with Gasteiger partial charge in [0.2, 0.25) is 5.79 Å². The molecule has 0 radical (unpaired) electrons. The number of ether oxygens (including phenoxy) is 6. The lowest BCUT2D eigenvalue weighted by Gasteiger charge is -2.59. The maximum Gasteiger partial charge on any atom is 0.417 e. The minimum absolute atomic E-state index is 0.0130. The van der Waals surface area contributed by atoms with Crippen molar-refractivity contribution < 1.29 is 53.1 Å². The Hall–Kier alpha value is -4.79. The number of hydrogen-bond donors (Lipinski definition) is 3. The number of unbranched alkanes of at least 4 members (excludes halogenated alkanes) is 2. The number of rotatable bonds is 20. The predicted octanol–water partition coefficient (Wildman–Crippen LogP) is 8.47. The standard InChI is InChI=1S/C46H65N3O11/c1-9-21-49(44(53)57-29-45(3,4)5)40-28-37(48-56-8)34-25-30(15-11-13-22-50)33(16-12-14-23-51)41-35-26-32(18-20-38(35)60-46(40,42(34)41)58-24-10-2)59-43(52)47-36-19-17-31(54-6)27-39(36)55-7/h10,17-20,25-27,30,33,40-42,50-51H,2,9,11-16,21-24,28-29H2,1,3-8H3,(H,47,52). The number of carbonyl (C=O) groups is 2. The monoisotopic (exact) mass is 835 g/mol. The van der Waals surface area contributed by atoms with Gasteiger partial charge in [-0.3, -0.25) is 10.2 Å². The van der Waals surface area contributed by atoms with Gasteiger partial charge >= 0.3 is 12.2 Å². The predicted molar refractivity (Wildman–Crippen MR) is 229 cm³/mol. The second-order valence-corrected chi connectivity index (χ2v) is 16.8. The summed E-state index contributed by atoms with van der Waals surface area (Å²) in [4.78, 5) is 35.0. The van der Waals surface area contributed by atoms with Gasteiger partial charge in [0.1, 0.15) is 36.1 Å². The fourth-order valence-electron chi connectivity index (χ4n) is 8.94. The second-order valence-electron chi connectivity index (χ2n) is 16.8. The van der Waals surface area contributed by atoms with Gasteiger partial charge in [-0.05, 0) is 85.3 Å². The Kier molecular flexibility index (Phi) is 16.3. The van der Waals surface area contributed by atoms with E-state index in [0.717, 1.165) is 36.8 Å². The molecule has 0 bridgehead atoms. The van der Waals surface area contributed by atoms with E-state index in [-0.39, 0.29) is 56.0 Å². The van der Waals surface area contributed by atoms with Gasteiger partial charge in [0.15, 0.2) is 0 Å². The summed E-state index contributed by atoms with van der Waals surface area (Å²) in [6.45, 7) is 12.9. The lowest BCUT2D eigenvalue weighted by molar-refractivity contribution is -0.255. The maximum atomic E-state index is 14.3. The van der Waals surface area contributed by atoms with Crippen LogP contribution in [-0.2, 0) is 14.3 Å². The van der Waals surface area contributed by atoms with Gasteiger partial charge in [0.05, 0.1) is 44.8 Å². The van der Waals surface area contributed by atoms with E-state index >= 15 is 0 Å². The fraction of sp³-hybridized carbons (Fsp3) is 0.587. The Morgan fingerprint density at radius 3 is 2.40 bits per heavy atom. The molecule has 1 aliphatic heterocycles. The van der Waals surface area contributed by atoms with Crippen molar-refractivity contribution in [2.45, 2.75) is 96.8 Å². The minimum Gasteiger partial charge on any atom is -0.497 e. The topological polar surface area (TPSA) is 167 Å². The van der Waals surface area contributed by atoms with Crippen molar-refractivity contribution >= 4 is 23.6 Å². The molecule has 5 rings (SSSR count). The van der Waals surface area contributed by atoms with Crippen LogP contribution < -0.4 is 24.3 Å². The molecule has 3 N–H and O–H groups in total. The molecule has 1 saturated carbocycles. The number of nitrogens with zero attached hydrogens (tertiary/aromatic N) is 2. The molecule has 0 saturated heterocycles. The molecule has 6 atom stereocenters. The van der Waals surface area contributed by atoms with Crippen LogP contribution in [0.25, 0.3) is 0 Å². The molecule has 60 heavy (non-hydrogen) atoms. The summed E-state index contributed by atoms with van der Waals surface area (Å²) in [5.41, 5.74) is 2.52. The van der Waals surface area contributed by atoms with Gasteiger partial charge in [-0.25, -0.2) is 9.59 Å². The number of methoxy groups -OCH3 is 2. The zero-order valence-corrected chi connectivity index (χ0v) is 36.4. The summed E-state index contributed by atoms with van der Waals surface area (Å²) >= 11 is 0. The highest BCUT2D eigenvalue weighted by atomic mass is 16.7. The molecule has 2 amide bonds. The summed E-state index contributed by atoms with van der Waals surface area (Å²) in [6.07, 6.45) is 8.02. The van der Waals surface area contributed by atoms with Crippen molar-refractivity contribution in [2.24, 2.45) is 28.3 Å². The SMILES string of the molecule is C=CCOC12Oc3ccc(OC(=O)Nc4ccc(OC)cc4OC)cc3C3C(CCCCO)C(CCCCO)C=C(C(=NOC)CC1N(CCC)C(=O)OCC(C)(C)C)C32.